The molecule has 192 valence electrons. The van der Waals surface area contributed by atoms with E-state index in [0.717, 1.165) is 12.8 Å². The minimum Gasteiger partial charge on any atom is -0.421 e. The summed E-state index contributed by atoms with van der Waals surface area (Å²) < 4.78 is 20.5. The minimum absolute atomic E-state index is 0.0405. The third-order valence-electron chi connectivity index (χ3n) is 7.29. The maximum absolute atomic E-state index is 14.6. The summed E-state index contributed by atoms with van der Waals surface area (Å²) in [4.78, 5) is 35.6. The van der Waals surface area contributed by atoms with Crippen LogP contribution in [0.4, 0.5) is 15.9 Å². The van der Waals surface area contributed by atoms with Crippen LogP contribution < -0.4 is 26.0 Å². The van der Waals surface area contributed by atoms with Gasteiger partial charge in [0.1, 0.15) is 23.1 Å². The van der Waals surface area contributed by atoms with E-state index in [1.807, 2.05) is 0 Å². The SMILES string of the molecule is CNc1cc(F)cc2c1[nH]c1nc(Oc3cnc(C)nc3)nc(N3C[C@H](NC(=O)[C@H](C)N)C4(CC4)C3)c12. The van der Waals surface area contributed by atoms with E-state index in [1.54, 1.807) is 33.3 Å². The molecule has 4 aromatic rings. The fourth-order valence-corrected chi connectivity index (χ4v) is 5.13. The van der Waals surface area contributed by atoms with Gasteiger partial charge < -0.3 is 31.0 Å². The Balaban J connectivity index is 1.47. The van der Waals surface area contributed by atoms with Crippen LogP contribution in [-0.4, -0.2) is 63.0 Å². The highest BCUT2D eigenvalue weighted by Crippen LogP contribution is 2.54. The van der Waals surface area contributed by atoms with Crippen LogP contribution in [0.25, 0.3) is 21.9 Å². The third-order valence-corrected chi connectivity index (χ3v) is 7.29. The van der Waals surface area contributed by atoms with Crippen LogP contribution in [0.2, 0.25) is 0 Å². The van der Waals surface area contributed by atoms with Crippen LogP contribution in [0.1, 0.15) is 25.6 Å². The predicted molar refractivity (Wildman–Crippen MR) is 137 cm³/mol. The van der Waals surface area contributed by atoms with Crippen molar-refractivity contribution >= 4 is 39.3 Å². The molecule has 6 rings (SSSR count). The molecule has 11 nitrogen and oxygen atoms in total. The van der Waals surface area contributed by atoms with Crippen LogP contribution >= 0.6 is 0 Å². The lowest BCUT2D eigenvalue weighted by atomic mass is 10.0. The molecular weight excluding hydrogens is 477 g/mol. The molecule has 3 aromatic heterocycles. The number of H-pyrrole nitrogens is 1. The Bertz CT molecular complexity index is 1510. The fourth-order valence-electron chi connectivity index (χ4n) is 5.13. The first kappa shape index (κ1) is 23.3. The Morgan fingerprint density at radius 2 is 2.05 bits per heavy atom. The maximum atomic E-state index is 14.6. The van der Waals surface area contributed by atoms with Gasteiger partial charge in [0.2, 0.25) is 5.91 Å². The standard InChI is InChI=1S/C25H28FN9O2/c1-12(27)23(36)31-18-10-35(11-25(18)4-5-25)22-19-16-6-14(26)7-17(28-3)20(16)32-21(19)33-24(34-22)37-15-8-29-13(2)30-9-15/h6-9,12,18,28H,4-5,10-11,27H2,1-3H3,(H,31,36)(H,32,33,34)/t12-,18-/m0/s1. The van der Waals surface area contributed by atoms with Gasteiger partial charge in [-0.05, 0) is 38.8 Å². The molecule has 1 aliphatic carbocycles. The van der Waals surface area contributed by atoms with E-state index in [1.165, 1.54) is 12.1 Å². The largest absolute Gasteiger partial charge is 0.421 e. The summed E-state index contributed by atoms with van der Waals surface area (Å²) in [7, 11) is 1.74. The number of carbonyl (C=O) groups excluding carboxylic acids is 1. The number of aromatic amines is 1. The highest BCUT2D eigenvalue weighted by atomic mass is 19.1. The summed E-state index contributed by atoms with van der Waals surface area (Å²) in [5.41, 5.74) is 7.61. The first-order valence-corrected chi connectivity index (χ1v) is 12.2. The van der Waals surface area contributed by atoms with Crippen molar-refractivity contribution < 1.29 is 13.9 Å². The highest BCUT2D eigenvalue weighted by Gasteiger charge is 2.56. The van der Waals surface area contributed by atoms with E-state index in [-0.39, 0.29) is 29.2 Å². The zero-order valence-electron chi connectivity index (χ0n) is 20.8. The number of benzene rings is 1. The van der Waals surface area contributed by atoms with E-state index in [0.29, 0.717) is 58.1 Å². The van der Waals surface area contributed by atoms with Crippen LogP contribution in [0.15, 0.2) is 24.5 Å². The van der Waals surface area contributed by atoms with E-state index in [2.05, 4.69) is 35.5 Å². The van der Waals surface area contributed by atoms with Crippen LogP contribution in [0, 0.1) is 18.2 Å². The first-order chi connectivity index (χ1) is 17.8. The topological polar surface area (TPSA) is 147 Å². The number of anilines is 2. The van der Waals surface area contributed by atoms with Gasteiger partial charge in [-0.15, -0.1) is 0 Å². The molecule has 0 radical (unpaired) electrons. The van der Waals surface area contributed by atoms with Gasteiger partial charge in [-0.2, -0.15) is 9.97 Å². The average Bonchev–Trinajstić information content (AvgIpc) is 3.43. The van der Waals surface area contributed by atoms with Gasteiger partial charge in [0.15, 0.2) is 5.75 Å². The number of hydrogen-bond acceptors (Lipinski definition) is 9. The Labute approximate surface area is 212 Å². The van der Waals surface area contributed by atoms with Gasteiger partial charge in [-0.1, -0.05) is 0 Å². The van der Waals surface area contributed by atoms with Crippen molar-refractivity contribution in [1.29, 1.82) is 0 Å². The Morgan fingerprint density at radius 1 is 1.30 bits per heavy atom. The molecule has 1 aliphatic heterocycles. The molecule has 5 N–H and O–H groups in total. The number of aromatic nitrogens is 5. The second-order valence-corrected chi connectivity index (χ2v) is 9.97. The molecule has 4 heterocycles. The van der Waals surface area contributed by atoms with Crippen molar-refractivity contribution in [3.63, 3.8) is 0 Å². The first-order valence-electron chi connectivity index (χ1n) is 12.2. The second kappa shape index (κ2) is 8.51. The lowest BCUT2D eigenvalue weighted by Gasteiger charge is -2.20. The van der Waals surface area contributed by atoms with E-state index in [4.69, 9.17) is 15.5 Å². The maximum Gasteiger partial charge on any atom is 0.326 e. The van der Waals surface area contributed by atoms with Gasteiger partial charge in [0.25, 0.3) is 0 Å². The van der Waals surface area contributed by atoms with Gasteiger partial charge in [0, 0.05) is 30.9 Å². The smallest absolute Gasteiger partial charge is 0.326 e. The van der Waals surface area contributed by atoms with Gasteiger partial charge in [-0.3, -0.25) is 4.79 Å². The number of nitrogens with zero attached hydrogens (tertiary/aromatic N) is 5. The summed E-state index contributed by atoms with van der Waals surface area (Å²) in [6.45, 7) is 4.69. The average molecular weight is 506 g/mol. The van der Waals surface area contributed by atoms with Crippen molar-refractivity contribution in [2.45, 2.75) is 38.8 Å². The summed E-state index contributed by atoms with van der Waals surface area (Å²) in [5, 5.41) is 7.51. The van der Waals surface area contributed by atoms with Crippen LogP contribution in [0.3, 0.4) is 0 Å². The van der Waals surface area contributed by atoms with Gasteiger partial charge >= 0.3 is 6.01 Å². The zero-order chi connectivity index (χ0) is 25.9. The summed E-state index contributed by atoms with van der Waals surface area (Å²) in [6.07, 6.45) is 5.11. The van der Waals surface area contributed by atoms with Crippen molar-refractivity contribution in [1.82, 2.24) is 30.2 Å². The van der Waals surface area contributed by atoms with Crippen molar-refractivity contribution in [3.05, 3.63) is 36.2 Å². The molecule has 2 atom stereocenters. The summed E-state index contributed by atoms with van der Waals surface area (Å²) >= 11 is 0. The number of carbonyl (C=O) groups is 1. The molecule has 0 unspecified atom stereocenters. The number of nitrogens with two attached hydrogens (primary N) is 1. The normalized spacial score (nSPS) is 18.9. The number of fused-ring (bicyclic) bond motifs is 3. The third kappa shape index (κ3) is 4.06. The predicted octanol–water partition coefficient (Wildman–Crippen LogP) is 2.61. The molecule has 12 heteroatoms. The lowest BCUT2D eigenvalue weighted by molar-refractivity contribution is -0.122. The number of rotatable bonds is 6. The Morgan fingerprint density at radius 3 is 2.73 bits per heavy atom. The zero-order valence-corrected chi connectivity index (χ0v) is 20.8. The monoisotopic (exact) mass is 505 g/mol. The highest BCUT2D eigenvalue weighted by molar-refractivity contribution is 6.14. The number of nitrogens with one attached hydrogen (secondary N) is 3. The molecular formula is C25H28FN9O2. The van der Waals surface area contributed by atoms with Crippen LogP contribution in [-0.2, 0) is 4.79 Å². The lowest BCUT2D eigenvalue weighted by Crippen LogP contribution is -2.47. The van der Waals surface area contributed by atoms with Crippen molar-refractivity contribution in [2.75, 3.05) is 30.4 Å². The minimum atomic E-state index is -0.594. The van der Waals surface area contributed by atoms with Gasteiger partial charge in [0.05, 0.1) is 41.1 Å². The summed E-state index contributed by atoms with van der Waals surface area (Å²) in [5.74, 6) is 1.07. The number of amides is 1. The number of ether oxygens (including phenoxy) is 1. The number of hydrogen-bond donors (Lipinski definition) is 4. The molecule has 1 saturated heterocycles. The quantitative estimate of drug-likeness (QED) is 0.310. The van der Waals surface area contributed by atoms with Crippen molar-refractivity contribution in [3.8, 4) is 11.8 Å². The van der Waals surface area contributed by atoms with Crippen LogP contribution in [0.5, 0.6) is 11.8 Å². The van der Waals surface area contributed by atoms with Crippen molar-refractivity contribution in [2.24, 2.45) is 11.1 Å². The van der Waals surface area contributed by atoms with E-state index >= 15 is 0 Å². The van der Waals surface area contributed by atoms with Gasteiger partial charge in [-0.25, -0.2) is 14.4 Å². The Kier molecular flexibility index (Phi) is 5.37. The molecule has 1 saturated carbocycles. The molecule has 1 amide bonds. The second-order valence-electron chi connectivity index (χ2n) is 9.97. The summed E-state index contributed by atoms with van der Waals surface area (Å²) in [6, 6.07) is 2.36. The molecule has 1 aromatic carbocycles. The van der Waals surface area contributed by atoms with E-state index < -0.39 is 6.04 Å². The molecule has 37 heavy (non-hydrogen) atoms. The van der Waals surface area contributed by atoms with E-state index in [9.17, 15) is 9.18 Å². The Hall–Kier alpha value is -4.06. The number of aryl methyl sites for hydroxylation is 1. The molecule has 2 aliphatic rings. The molecule has 0 bridgehead atoms. The number of halogens is 1. The molecule has 2 fully saturated rings. The molecule has 1 spiro atoms. The fraction of sp³-hybridized carbons (Fsp3) is 0.400.